The summed E-state index contributed by atoms with van der Waals surface area (Å²) in [7, 11) is -3.64. The number of hydrogen-bond donors (Lipinski definition) is 0. The van der Waals surface area contributed by atoms with Crippen LogP contribution in [0.1, 0.15) is 17.1 Å². The summed E-state index contributed by atoms with van der Waals surface area (Å²) in [6.45, 7) is 0.694. The molecular formula is C19H18ClNO4S2. The zero-order chi connectivity index (χ0) is 19.3. The maximum Gasteiger partial charge on any atom is 0.224 e. The van der Waals surface area contributed by atoms with Gasteiger partial charge < -0.3 is 9.32 Å². The maximum atomic E-state index is 12.8. The first-order valence-corrected chi connectivity index (χ1v) is 11.2. The first-order valence-electron chi connectivity index (χ1n) is 8.25. The number of rotatable bonds is 8. The van der Waals surface area contributed by atoms with E-state index in [4.69, 9.17) is 16.0 Å². The van der Waals surface area contributed by atoms with E-state index in [9.17, 15) is 13.2 Å². The summed E-state index contributed by atoms with van der Waals surface area (Å²) in [6, 6.07) is 13.6. The van der Waals surface area contributed by atoms with E-state index in [-0.39, 0.29) is 34.5 Å². The van der Waals surface area contributed by atoms with Crippen LogP contribution in [0.2, 0.25) is 5.02 Å². The smallest absolute Gasteiger partial charge is 0.224 e. The molecule has 0 aliphatic carbocycles. The van der Waals surface area contributed by atoms with Crippen molar-refractivity contribution < 1.29 is 17.6 Å². The van der Waals surface area contributed by atoms with Gasteiger partial charge in [-0.15, -0.1) is 11.3 Å². The van der Waals surface area contributed by atoms with Gasteiger partial charge in [-0.1, -0.05) is 29.8 Å². The molecule has 0 unspecified atom stereocenters. The Bertz CT molecular complexity index is 946. The molecule has 8 heteroatoms. The van der Waals surface area contributed by atoms with Gasteiger partial charge in [0.1, 0.15) is 5.76 Å². The van der Waals surface area contributed by atoms with Gasteiger partial charge in [-0.05, 0) is 35.7 Å². The fourth-order valence-corrected chi connectivity index (χ4v) is 5.12. The fourth-order valence-electron chi connectivity index (χ4n) is 2.60. The number of carbonyl (C=O) groups excluding carboxylic acids is 1. The van der Waals surface area contributed by atoms with Gasteiger partial charge in [0.25, 0.3) is 0 Å². The molecule has 0 radical (unpaired) electrons. The van der Waals surface area contributed by atoms with E-state index in [0.717, 1.165) is 4.88 Å². The van der Waals surface area contributed by atoms with Crippen molar-refractivity contribution in [2.75, 3.05) is 5.75 Å². The Balaban J connectivity index is 1.71. The summed E-state index contributed by atoms with van der Waals surface area (Å²) >= 11 is 7.53. The molecule has 1 aromatic carbocycles. The van der Waals surface area contributed by atoms with E-state index in [0.29, 0.717) is 12.3 Å². The van der Waals surface area contributed by atoms with Crippen LogP contribution in [0, 0.1) is 0 Å². The quantitative estimate of drug-likeness (QED) is 0.539. The molecule has 2 heterocycles. The molecule has 0 spiro atoms. The summed E-state index contributed by atoms with van der Waals surface area (Å²) in [5, 5.41) is 2.10. The molecule has 0 aliphatic rings. The van der Waals surface area contributed by atoms with Gasteiger partial charge in [-0.3, -0.25) is 4.79 Å². The van der Waals surface area contributed by atoms with Crippen molar-refractivity contribution in [3.05, 3.63) is 75.8 Å². The van der Waals surface area contributed by atoms with Crippen molar-refractivity contribution in [1.29, 1.82) is 0 Å². The normalized spacial score (nSPS) is 11.4. The number of furan rings is 1. The molecule has 27 heavy (non-hydrogen) atoms. The van der Waals surface area contributed by atoms with Crippen LogP contribution in [0.5, 0.6) is 0 Å². The SMILES string of the molecule is O=C(CCS(=O)(=O)c1ccccc1Cl)N(Cc1ccco1)Cc1cccs1. The molecule has 0 fully saturated rings. The van der Waals surface area contributed by atoms with Crippen LogP contribution in [-0.2, 0) is 27.7 Å². The third kappa shape index (κ3) is 5.22. The van der Waals surface area contributed by atoms with Crippen molar-refractivity contribution in [2.45, 2.75) is 24.4 Å². The van der Waals surface area contributed by atoms with Crippen LogP contribution in [0.25, 0.3) is 0 Å². The van der Waals surface area contributed by atoms with Crippen molar-refractivity contribution >= 4 is 38.7 Å². The van der Waals surface area contributed by atoms with Crippen molar-refractivity contribution in [1.82, 2.24) is 4.90 Å². The number of thiophene rings is 1. The van der Waals surface area contributed by atoms with E-state index < -0.39 is 9.84 Å². The van der Waals surface area contributed by atoms with E-state index in [2.05, 4.69) is 0 Å². The zero-order valence-electron chi connectivity index (χ0n) is 14.4. The molecular weight excluding hydrogens is 406 g/mol. The standard InChI is InChI=1S/C19H18ClNO4S2/c20-17-7-1-2-8-18(17)27(23,24)12-9-19(22)21(13-15-5-3-10-25-15)14-16-6-4-11-26-16/h1-8,10-11H,9,12-14H2. The van der Waals surface area contributed by atoms with Crippen LogP contribution in [0.3, 0.4) is 0 Å². The molecule has 1 amide bonds. The Kier molecular flexibility index (Phi) is 6.36. The molecule has 2 aromatic heterocycles. The molecule has 3 rings (SSSR count). The number of carbonyl (C=O) groups is 1. The second-order valence-corrected chi connectivity index (χ2v) is 9.42. The average Bonchev–Trinajstić information content (AvgIpc) is 3.33. The van der Waals surface area contributed by atoms with Gasteiger partial charge >= 0.3 is 0 Å². The topological polar surface area (TPSA) is 67.6 Å². The highest BCUT2D eigenvalue weighted by atomic mass is 35.5. The van der Waals surface area contributed by atoms with Crippen molar-refractivity contribution in [3.8, 4) is 0 Å². The Morgan fingerprint density at radius 2 is 1.89 bits per heavy atom. The summed E-state index contributed by atoms with van der Waals surface area (Å²) in [6.07, 6.45) is 1.42. The van der Waals surface area contributed by atoms with Gasteiger partial charge in [0.05, 0.1) is 35.0 Å². The number of amides is 1. The number of benzene rings is 1. The van der Waals surface area contributed by atoms with Gasteiger partial charge in [0.2, 0.25) is 5.91 Å². The first-order chi connectivity index (χ1) is 13.0. The predicted molar refractivity (Wildman–Crippen MR) is 105 cm³/mol. The summed E-state index contributed by atoms with van der Waals surface area (Å²) in [4.78, 5) is 15.4. The molecule has 0 aliphatic heterocycles. The number of hydrogen-bond acceptors (Lipinski definition) is 5. The van der Waals surface area contributed by atoms with Gasteiger partial charge in [0, 0.05) is 11.3 Å². The first kappa shape index (κ1) is 19.7. The third-order valence-corrected chi connectivity index (χ3v) is 7.03. The van der Waals surface area contributed by atoms with Crippen LogP contribution < -0.4 is 0 Å². The van der Waals surface area contributed by atoms with Crippen molar-refractivity contribution in [3.63, 3.8) is 0 Å². The lowest BCUT2D eigenvalue weighted by atomic mass is 10.3. The molecule has 142 valence electrons. The van der Waals surface area contributed by atoms with E-state index in [1.807, 2.05) is 17.5 Å². The third-order valence-electron chi connectivity index (χ3n) is 3.96. The summed E-state index contributed by atoms with van der Waals surface area (Å²) in [5.74, 6) is 0.0959. The Morgan fingerprint density at radius 1 is 1.07 bits per heavy atom. The molecule has 0 saturated heterocycles. The molecule has 3 aromatic rings. The number of sulfone groups is 1. The maximum absolute atomic E-state index is 12.8. The highest BCUT2D eigenvalue weighted by Crippen LogP contribution is 2.23. The second kappa shape index (κ2) is 8.73. The lowest BCUT2D eigenvalue weighted by Gasteiger charge is -2.21. The average molecular weight is 424 g/mol. The van der Waals surface area contributed by atoms with E-state index in [1.165, 1.54) is 12.1 Å². The lowest BCUT2D eigenvalue weighted by molar-refractivity contribution is -0.132. The van der Waals surface area contributed by atoms with E-state index in [1.54, 1.807) is 46.8 Å². The Morgan fingerprint density at radius 3 is 2.56 bits per heavy atom. The summed E-state index contributed by atoms with van der Waals surface area (Å²) < 4.78 is 30.4. The number of nitrogens with zero attached hydrogens (tertiary/aromatic N) is 1. The predicted octanol–water partition coefficient (Wildman–Crippen LogP) is 4.39. The molecule has 0 bridgehead atoms. The molecule has 0 N–H and O–H groups in total. The monoisotopic (exact) mass is 423 g/mol. The van der Waals surface area contributed by atoms with E-state index >= 15 is 0 Å². The van der Waals surface area contributed by atoms with Crippen LogP contribution in [0.15, 0.2) is 69.5 Å². The Hall–Kier alpha value is -2.09. The summed E-state index contributed by atoms with van der Waals surface area (Å²) in [5.41, 5.74) is 0. The van der Waals surface area contributed by atoms with Crippen LogP contribution in [-0.4, -0.2) is 25.0 Å². The molecule has 5 nitrogen and oxygen atoms in total. The van der Waals surface area contributed by atoms with Crippen molar-refractivity contribution in [2.24, 2.45) is 0 Å². The molecule has 0 saturated carbocycles. The highest BCUT2D eigenvalue weighted by Gasteiger charge is 2.22. The van der Waals surface area contributed by atoms with Crippen LogP contribution >= 0.6 is 22.9 Å². The minimum Gasteiger partial charge on any atom is -0.467 e. The second-order valence-electron chi connectivity index (χ2n) is 5.91. The van der Waals surface area contributed by atoms with Gasteiger partial charge in [0.15, 0.2) is 9.84 Å². The number of halogens is 1. The highest BCUT2D eigenvalue weighted by molar-refractivity contribution is 7.91. The lowest BCUT2D eigenvalue weighted by Crippen LogP contribution is -2.31. The van der Waals surface area contributed by atoms with Gasteiger partial charge in [-0.2, -0.15) is 0 Å². The zero-order valence-corrected chi connectivity index (χ0v) is 16.8. The fraction of sp³-hybridized carbons (Fsp3) is 0.211. The minimum absolute atomic E-state index is 0.0512. The largest absolute Gasteiger partial charge is 0.467 e. The van der Waals surface area contributed by atoms with Crippen LogP contribution in [0.4, 0.5) is 0 Å². The van der Waals surface area contributed by atoms with Gasteiger partial charge in [-0.25, -0.2) is 8.42 Å². The molecule has 0 atom stereocenters. The Labute approximate surface area is 167 Å². The minimum atomic E-state index is -3.64.